The van der Waals surface area contributed by atoms with Gasteiger partial charge >= 0.3 is 0 Å². The van der Waals surface area contributed by atoms with Gasteiger partial charge < -0.3 is 5.32 Å². The molecule has 0 aliphatic carbocycles. The maximum absolute atomic E-state index is 13.6. The van der Waals surface area contributed by atoms with Gasteiger partial charge in [0.1, 0.15) is 9.53 Å². The summed E-state index contributed by atoms with van der Waals surface area (Å²) < 4.78 is 2.24. The number of hydrogen-bond acceptors (Lipinski definition) is 6. The molecule has 0 aliphatic heterocycles. The topological polar surface area (TPSA) is 76.9 Å². The van der Waals surface area contributed by atoms with E-state index >= 15 is 0 Å². The maximum Gasteiger partial charge on any atom is 0.272 e. The van der Waals surface area contributed by atoms with Crippen LogP contribution in [-0.4, -0.2) is 26.2 Å². The molecule has 3 heterocycles. The Hall–Kier alpha value is -3.49. The second-order valence-corrected chi connectivity index (χ2v) is 10.5. The van der Waals surface area contributed by atoms with Gasteiger partial charge in [-0.25, -0.2) is 9.97 Å². The van der Waals surface area contributed by atoms with Gasteiger partial charge in [0.05, 0.1) is 17.8 Å². The monoisotopic (exact) mass is 500 g/mol. The first-order chi connectivity index (χ1) is 16.9. The van der Waals surface area contributed by atoms with Crippen molar-refractivity contribution in [3.63, 3.8) is 0 Å². The highest BCUT2D eigenvalue weighted by atomic mass is 32.2. The van der Waals surface area contributed by atoms with E-state index in [1.165, 1.54) is 23.1 Å². The quantitative estimate of drug-likeness (QED) is 0.239. The summed E-state index contributed by atoms with van der Waals surface area (Å²) in [5.41, 5.74) is 5.56. The van der Waals surface area contributed by atoms with Crippen LogP contribution in [0.15, 0.2) is 70.7 Å². The van der Waals surface area contributed by atoms with Gasteiger partial charge in [-0.2, -0.15) is 0 Å². The minimum absolute atomic E-state index is 0.116. The molecule has 2 aromatic carbocycles. The molecule has 0 unspecified atom stereocenters. The zero-order chi connectivity index (χ0) is 24.5. The number of thioether (sulfide) groups is 1. The van der Waals surface area contributed by atoms with E-state index in [4.69, 9.17) is 4.98 Å². The highest BCUT2D eigenvalue weighted by Crippen LogP contribution is 2.31. The fourth-order valence-electron chi connectivity index (χ4n) is 4.24. The molecule has 5 aromatic rings. The van der Waals surface area contributed by atoms with E-state index in [1.807, 2.05) is 63.2 Å². The first-order valence-electron chi connectivity index (χ1n) is 11.2. The van der Waals surface area contributed by atoms with Crippen LogP contribution in [0.2, 0.25) is 0 Å². The normalized spacial score (nSPS) is 11.3. The number of anilines is 1. The number of aryl methyl sites for hydroxylation is 3. The number of thiophene rings is 1. The Morgan fingerprint density at radius 2 is 1.80 bits per heavy atom. The molecule has 0 fully saturated rings. The molecule has 1 amide bonds. The Kier molecular flexibility index (Phi) is 6.40. The van der Waals surface area contributed by atoms with Crippen molar-refractivity contribution >= 4 is 55.1 Å². The molecule has 3 aromatic heterocycles. The molecule has 0 saturated heterocycles. The Morgan fingerprint density at radius 1 is 1.06 bits per heavy atom. The zero-order valence-corrected chi connectivity index (χ0v) is 21.3. The molecule has 8 heteroatoms. The lowest BCUT2D eigenvalue weighted by Crippen LogP contribution is -2.24. The van der Waals surface area contributed by atoms with Gasteiger partial charge in [0, 0.05) is 17.3 Å². The molecular weight excluding hydrogens is 476 g/mol. The van der Waals surface area contributed by atoms with Gasteiger partial charge in [-0.15, -0.1) is 11.3 Å². The summed E-state index contributed by atoms with van der Waals surface area (Å²) in [5, 5.41) is 4.41. The molecule has 0 atom stereocenters. The van der Waals surface area contributed by atoms with E-state index in [-0.39, 0.29) is 17.2 Å². The first kappa shape index (κ1) is 23.3. The van der Waals surface area contributed by atoms with Gasteiger partial charge in [0.25, 0.3) is 5.56 Å². The van der Waals surface area contributed by atoms with Gasteiger partial charge in [-0.05, 0) is 49.6 Å². The molecule has 0 radical (unpaired) electrons. The molecule has 0 aliphatic rings. The van der Waals surface area contributed by atoms with E-state index in [0.717, 1.165) is 38.2 Å². The SMILES string of the molecule is Cc1cc(C)c(NC(=O)CSc2nc3c(sc4ncccc43)c(=O)n2Cc2ccccc2)c(C)c1. The third kappa shape index (κ3) is 4.72. The number of aromatic nitrogens is 3. The summed E-state index contributed by atoms with van der Waals surface area (Å²) >= 11 is 2.63. The second-order valence-electron chi connectivity index (χ2n) is 8.52. The van der Waals surface area contributed by atoms with Crippen molar-refractivity contribution in [2.45, 2.75) is 32.5 Å². The molecule has 176 valence electrons. The number of nitrogens with one attached hydrogen (secondary N) is 1. The van der Waals surface area contributed by atoms with Crippen LogP contribution in [0.3, 0.4) is 0 Å². The summed E-state index contributed by atoms with van der Waals surface area (Å²) in [6.45, 7) is 6.40. The lowest BCUT2D eigenvalue weighted by atomic mass is 10.1. The van der Waals surface area contributed by atoms with Crippen LogP contribution in [0.1, 0.15) is 22.3 Å². The number of carbonyl (C=O) groups is 1. The van der Waals surface area contributed by atoms with Crippen LogP contribution >= 0.6 is 23.1 Å². The van der Waals surface area contributed by atoms with Crippen LogP contribution in [-0.2, 0) is 11.3 Å². The van der Waals surface area contributed by atoms with Crippen molar-refractivity contribution < 1.29 is 4.79 Å². The van der Waals surface area contributed by atoms with Crippen LogP contribution in [0.4, 0.5) is 5.69 Å². The second kappa shape index (κ2) is 9.64. The van der Waals surface area contributed by atoms with E-state index in [2.05, 4.69) is 22.4 Å². The minimum atomic E-state index is -0.137. The van der Waals surface area contributed by atoms with Gasteiger partial charge in [0.2, 0.25) is 5.91 Å². The summed E-state index contributed by atoms with van der Waals surface area (Å²) in [6, 6.07) is 17.7. The number of fused-ring (bicyclic) bond motifs is 3. The largest absolute Gasteiger partial charge is 0.325 e. The predicted octanol–water partition coefficient (Wildman–Crippen LogP) is 5.71. The Bertz CT molecular complexity index is 1600. The summed E-state index contributed by atoms with van der Waals surface area (Å²) in [4.78, 5) is 36.5. The van der Waals surface area contributed by atoms with E-state index < -0.39 is 0 Å². The Labute approximate surface area is 211 Å². The smallest absolute Gasteiger partial charge is 0.272 e. The van der Waals surface area contributed by atoms with Crippen molar-refractivity contribution in [1.82, 2.24) is 14.5 Å². The number of pyridine rings is 1. The fourth-order valence-corrected chi connectivity index (χ4v) is 6.06. The first-order valence-corrected chi connectivity index (χ1v) is 13.0. The number of nitrogens with zero attached hydrogens (tertiary/aromatic N) is 3. The molecule has 6 nitrogen and oxygen atoms in total. The van der Waals surface area contributed by atoms with Crippen molar-refractivity contribution in [3.8, 4) is 0 Å². The highest BCUT2D eigenvalue weighted by molar-refractivity contribution is 7.99. The van der Waals surface area contributed by atoms with Crippen LogP contribution in [0, 0.1) is 20.8 Å². The van der Waals surface area contributed by atoms with E-state index in [9.17, 15) is 9.59 Å². The van der Waals surface area contributed by atoms with Gasteiger partial charge in [-0.3, -0.25) is 14.2 Å². The molecule has 0 bridgehead atoms. The van der Waals surface area contributed by atoms with Crippen molar-refractivity contribution in [2.75, 3.05) is 11.1 Å². The highest BCUT2D eigenvalue weighted by Gasteiger charge is 2.18. The van der Waals surface area contributed by atoms with Crippen LogP contribution in [0.25, 0.3) is 20.4 Å². The van der Waals surface area contributed by atoms with E-state index in [0.29, 0.717) is 21.9 Å². The van der Waals surface area contributed by atoms with E-state index in [1.54, 1.807) is 10.8 Å². The van der Waals surface area contributed by atoms with Crippen molar-refractivity contribution in [1.29, 1.82) is 0 Å². The number of carbonyl (C=O) groups excluding carboxylic acids is 1. The third-order valence-corrected chi connectivity index (χ3v) is 7.84. The fraction of sp³-hybridized carbons (Fsp3) is 0.185. The molecule has 35 heavy (non-hydrogen) atoms. The number of hydrogen-bond donors (Lipinski definition) is 1. The Balaban J connectivity index is 1.50. The van der Waals surface area contributed by atoms with Crippen molar-refractivity contribution in [2.24, 2.45) is 0 Å². The maximum atomic E-state index is 13.6. The summed E-state index contributed by atoms with van der Waals surface area (Å²) in [5.74, 6) is 0.00213. The van der Waals surface area contributed by atoms with Crippen LogP contribution < -0.4 is 10.9 Å². The van der Waals surface area contributed by atoms with Gasteiger partial charge in [-0.1, -0.05) is 59.8 Å². The average molecular weight is 501 g/mol. The zero-order valence-electron chi connectivity index (χ0n) is 19.7. The molecule has 1 N–H and O–H groups in total. The number of rotatable bonds is 6. The number of amides is 1. The summed E-state index contributed by atoms with van der Waals surface area (Å²) in [7, 11) is 0. The number of benzene rings is 2. The third-order valence-electron chi connectivity index (χ3n) is 5.78. The van der Waals surface area contributed by atoms with Gasteiger partial charge in [0.15, 0.2) is 5.16 Å². The average Bonchev–Trinajstić information content (AvgIpc) is 3.21. The van der Waals surface area contributed by atoms with Crippen LogP contribution in [0.5, 0.6) is 0 Å². The Morgan fingerprint density at radius 3 is 2.54 bits per heavy atom. The van der Waals surface area contributed by atoms with Crippen molar-refractivity contribution in [3.05, 3.63) is 93.4 Å². The molecule has 0 spiro atoms. The lowest BCUT2D eigenvalue weighted by molar-refractivity contribution is -0.113. The lowest BCUT2D eigenvalue weighted by Gasteiger charge is -2.14. The molecular formula is C27H24N4O2S2. The predicted molar refractivity (Wildman–Crippen MR) is 145 cm³/mol. The molecule has 0 saturated carbocycles. The molecule has 5 rings (SSSR count). The standard InChI is InChI=1S/C27H24N4O2S2/c1-16-12-17(2)22(18(3)13-16)29-21(32)15-34-27-30-23-20-10-7-11-28-25(20)35-24(23)26(33)31(27)14-19-8-5-4-6-9-19/h4-13H,14-15H2,1-3H3,(H,29,32). The summed E-state index contributed by atoms with van der Waals surface area (Å²) in [6.07, 6.45) is 1.72. The minimum Gasteiger partial charge on any atom is -0.325 e.